The summed E-state index contributed by atoms with van der Waals surface area (Å²) in [7, 11) is 1.57. The summed E-state index contributed by atoms with van der Waals surface area (Å²) in [6, 6.07) is 5.15. The Balaban J connectivity index is 2.27. The van der Waals surface area contributed by atoms with Crippen LogP contribution in [-0.2, 0) is 6.42 Å². The van der Waals surface area contributed by atoms with Gasteiger partial charge < -0.3 is 19.0 Å². The largest absolute Gasteiger partial charge is 0.497 e. The van der Waals surface area contributed by atoms with E-state index in [4.69, 9.17) is 19.0 Å². The Morgan fingerprint density at radius 3 is 3.06 bits per heavy atom. The molecule has 94 valence electrons. The lowest BCUT2D eigenvalue weighted by molar-refractivity contribution is 0.136. The Bertz CT molecular complexity index is 658. The maximum atomic E-state index is 11.8. The highest BCUT2D eigenvalue weighted by atomic mass is 16.5. The van der Waals surface area contributed by atoms with E-state index in [1.54, 1.807) is 25.3 Å². The van der Waals surface area contributed by atoms with Gasteiger partial charge in [0.05, 0.1) is 24.7 Å². The van der Waals surface area contributed by atoms with Gasteiger partial charge in [-0.05, 0) is 18.2 Å². The molecule has 2 aromatic rings. The number of benzene rings is 1. The first-order chi connectivity index (χ1) is 8.72. The quantitative estimate of drug-likeness (QED) is 0.806. The average Bonchev–Trinajstić information content (AvgIpc) is 2.83. The third kappa shape index (κ3) is 1.55. The van der Waals surface area contributed by atoms with Crippen molar-refractivity contribution in [1.82, 2.24) is 0 Å². The third-order valence-electron chi connectivity index (χ3n) is 3.07. The second kappa shape index (κ2) is 4.03. The lowest BCUT2D eigenvalue weighted by atomic mass is 10.1. The van der Waals surface area contributed by atoms with Crippen LogP contribution in [0.4, 0.5) is 0 Å². The standard InChI is InChI=1S/C13H12O5/c1-16-7-2-3-11-9(4-7)12-10(13(15)18-11)5-8(6-14)17-12/h2-4,8,14H,5-6H2,1H3. The van der Waals surface area contributed by atoms with Crippen molar-refractivity contribution in [2.45, 2.75) is 12.5 Å². The minimum absolute atomic E-state index is 0.125. The highest BCUT2D eigenvalue weighted by molar-refractivity contribution is 5.86. The summed E-state index contributed by atoms with van der Waals surface area (Å²) in [5.41, 5.74) is 0.534. The van der Waals surface area contributed by atoms with E-state index in [1.807, 2.05) is 0 Å². The summed E-state index contributed by atoms with van der Waals surface area (Å²) >= 11 is 0. The minimum Gasteiger partial charge on any atom is -0.497 e. The van der Waals surface area contributed by atoms with Gasteiger partial charge >= 0.3 is 5.63 Å². The zero-order valence-electron chi connectivity index (χ0n) is 9.80. The Morgan fingerprint density at radius 2 is 2.33 bits per heavy atom. The molecule has 5 heteroatoms. The number of methoxy groups -OCH3 is 1. The van der Waals surface area contributed by atoms with Crippen molar-refractivity contribution in [2.24, 2.45) is 0 Å². The van der Waals surface area contributed by atoms with Crippen molar-refractivity contribution >= 4 is 11.0 Å². The molecule has 0 aliphatic carbocycles. The van der Waals surface area contributed by atoms with Crippen molar-refractivity contribution in [3.63, 3.8) is 0 Å². The molecule has 0 amide bonds. The van der Waals surface area contributed by atoms with Crippen LogP contribution in [-0.4, -0.2) is 24.9 Å². The molecule has 1 unspecified atom stereocenters. The van der Waals surface area contributed by atoms with Crippen LogP contribution in [0.5, 0.6) is 11.5 Å². The number of aliphatic hydroxyl groups is 1. The molecule has 1 aromatic heterocycles. The Morgan fingerprint density at radius 1 is 1.50 bits per heavy atom. The number of fused-ring (bicyclic) bond motifs is 3. The molecule has 0 spiro atoms. The molecule has 2 heterocycles. The van der Waals surface area contributed by atoms with E-state index < -0.39 is 5.63 Å². The van der Waals surface area contributed by atoms with E-state index in [1.165, 1.54) is 0 Å². The van der Waals surface area contributed by atoms with E-state index in [0.717, 1.165) is 0 Å². The number of rotatable bonds is 2. The number of ether oxygens (including phenoxy) is 2. The summed E-state index contributed by atoms with van der Waals surface area (Å²) in [6.07, 6.45) is 0.00103. The Hall–Kier alpha value is -2.01. The molecule has 1 aliphatic heterocycles. The molecular weight excluding hydrogens is 236 g/mol. The number of hydrogen-bond donors (Lipinski definition) is 1. The highest BCUT2D eigenvalue weighted by Gasteiger charge is 2.28. The summed E-state index contributed by atoms with van der Waals surface area (Å²) in [4.78, 5) is 11.8. The van der Waals surface area contributed by atoms with E-state index in [2.05, 4.69) is 0 Å². The first kappa shape index (κ1) is 11.1. The third-order valence-corrected chi connectivity index (χ3v) is 3.07. The zero-order chi connectivity index (χ0) is 12.7. The maximum Gasteiger partial charge on any atom is 0.343 e. The van der Waals surface area contributed by atoms with Crippen molar-refractivity contribution in [2.75, 3.05) is 13.7 Å². The van der Waals surface area contributed by atoms with E-state index in [-0.39, 0.29) is 12.7 Å². The highest BCUT2D eigenvalue weighted by Crippen LogP contribution is 2.35. The molecule has 3 rings (SSSR count). The summed E-state index contributed by atoms with van der Waals surface area (Å²) in [5.74, 6) is 1.16. The molecule has 18 heavy (non-hydrogen) atoms. The van der Waals surface area contributed by atoms with Gasteiger partial charge in [-0.2, -0.15) is 0 Å². The molecule has 1 aromatic carbocycles. The number of hydrogen-bond acceptors (Lipinski definition) is 5. The van der Waals surface area contributed by atoms with Gasteiger partial charge in [-0.25, -0.2) is 4.79 Å². The zero-order valence-corrected chi connectivity index (χ0v) is 9.80. The van der Waals surface area contributed by atoms with Gasteiger partial charge in [-0.3, -0.25) is 0 Å². The molecule has 0 fully saturated rings. The summed E-state index contributed by atoms with van der Waals surface area (Å²) in [6.45, 7) is -0.125. The average molecular weight is 248 g/mol. The van der Waals surface area contributed by atoms with Crippen molar-refractivity contribution in [3.05, 3.63) is 34.2 Å². The van der Waals surface area contributed by atoms with Crippen LogP contribution in [0.2, 0.25) is 0 Å². The van der Waals surface area contributed by atoms with E-state index in [9.17, 15) is 4.79 Å². The van der Waals surface area contributed by atoms with Gasteiger partial charge in [0, 0.05) is 6.42 Å². The Kier molecular flexibility index (Phi) is 2.48. The molecule has 0 bridgehead atoms. The molecule has 0 saturated carbocycles. The van der Waals surface area contributed by atoms with Gasteiger partial charge in [-0.1, -0.05) is 0 Å². The predicted molar refractivity (Wildman–Crippen MR) is 64.2 cm³/mol. The van der Waals surface area contributed by atoms with Crippen LogP contribution >= 0.6 is 0 Å². The van der Waals surface area contributed by atoms with Crippen LogP contribution in [0.3, 0.4) is 0 Å². The van der Waals surface area contributed by atoms with Crippen LogP contribution in [0.25, 0.3) is 11.0 Å². The normalized spacial score (nSPS) is 17.6. The lowest BCUT2D eigenvalue weighted by Gasteiger charge is -2.08. The van der Waals surface area contributed by atoms with Crippen LogP contribution in [0.15, 0.2) is 27.4 Å². The second-order valence-electron chi connectivity index (χ2n) is 4.19. The summed E-state index contributed by atoms with van der Waals surface area (Å²) < 4.78 is 15.9. The monoisotopic (exact) mass is 248 g/mol. The maximum absolute atomic E-state index is 11.8. The molecule has 0 radical (unpaired) electrons. The first-order valence-corrected chi connectivity index (χ1v) is 5.64. The summed E-state index contributed by atoms with van der Waals surface area (Å²) in [5, 5.41) is 9.81. The molecule has 0 saturated heterocycles. The fraction of sp³-hybridized carbons (Fsp3) is 0.308. The van der Waals surface area contributed by atoms with Crippen molar-refractivity contribution < 1.29 is 19.0 Å². The number of aliphatic hydroxyl groups excluding tert-OH is 1. The topological polar surface area (TPSA) is 68.9 Å². The van der Waals surface area contributed by atoms with Crippen molar-refractivity contribution in [1.29, 1.82) is 0 Å². The van der Waals surface area contributed by atoms with E-state index >= 15 is 0 Å². The lowest BCUT2D eigenvalue weighted by Crippen LogP contribution is -2.18. The van der Waals surface area contributed by atoms with Crippen molar-refractivity contribution in [3.8, 4) is 11.5 Å². The van der Waals surface area contributed by atoms with Gasteiger partial charge in [-0.15, -0.1) is 0 Å². The first-order valence-electron chi connectivity index (χ1n) is 5.64. The Labute approximate surface area is 103 Å². The fourth-order valence-corrected chi connectivity index (χ4v) is 2.17. The van der Waals surface area contributed by atoms with E-state index in [0.29, 0.717) is 34.5 Å². The van der Waals surface area contributed by atoms with Gasteiger partial charge in [0.15, 0.2) is 0 Å². The van der Waals surface area contributed by atoms with Crippen LogP contribution in [0.1, 0.15) is 5.56 Å². The van der Waals surface area contributed by atoms with Gasteiger partial charge in [0.25, 0.3) is 0 Å². The molecular formula is C13H12O5. The molecule has 1 aliphatic rings. The molecule has 5 nitrogen and oxygen atoms in total. The van der Waals surface area contributed by atoms with Crippen LogP contribution in [0, 0.1) is 0 Å². The fourth-order valence-electron chi connectivity index (χ4n) is 2.17. The van der Waals surface area contributed by atoms with Gasteiger partial charge in [0.2, 0.25) is 0 Å². The minimum atomic E-state index is -0.404. The molecule has 1 atom stereocenters. The SMILES string of the molecule is COc1ccc2oc(=O)c3c(c2c1)OC(CO)C3. The van der Waals surface area contributed by atoms with Crippen LogP contribution < -0.4 is 15.1 Å². The predicted octanol–water partition coefficient (Wildman–Crippen LogP) is 1.10. The smallest absolute Gasteiger partial charge is 0.343 e. The second-order valence-corrected chi connectivity index (χ2v) is 4.19. The van der Waals surface area contributed by atoms with Gasteiger partial charge in [0.1, 0.15) is 23.2 Å². The molecule has 1 N–H and O–H groups in total.